The van der Waals surface area contributed by atoms with Crippen molar-refractivity contribution in [3.8, 4) is 0 Å². The van der Waals surface area contributed by atoms with Gasteiger partial charge in [0, 0.05) is 26.1 Å². The number of amides is 2. The number of aliphatic hydroxyl groups is 1. The summed E-state index contributed by atoms with van der Waals surface area (Å²) in [5, 5.41) is 20.1. The molecule has 0 spiro atoms. The Morgan fingerprint density at radius 1 is 1.33 bits per heavy atom. The number of aliphatic hydroxyl groups excluding tert-OH is 1. The van der Waals surface area contributed by atoms with E-state index in [4.69, 9.17) is 14.9 Å². The molecule has 21 heavy (non-hydrogen) atoms. The standard InChI is InChI=1S/C13H22N2O6/c1-2-21-12(19)9-3-6-15(7-4-9)13(20)14-10(5-8-16)11(17)18/h9-10,16H,2-8H2,1H3,(H,14,20)(H,17,18). The largest absolute Gasteiger partial charge is 0.480 e. The Bertz CT molecular complexity index is 379. The number of ether oxygens (including phenoxy) is 1. The van der Waals surface area contributed by atoms with Crippen LogP contribution in [0.1, 0.15) is 26.2 Å². The predicted octanol–water partition coefficient (Wildman–Crippen LogP) is -0.193. The lowest BCUT2D eigenvalue weighted by molar-refractivity contribution is -0.149. The fourth-order valence-electron chi connectivity index (χ4n) is 2.21. The number of nitrogens with one attached hydrogen (secondary N) is 1. The fourth-order valence-corrected chi connectivity index (χ4v) is 2.21. The molecule has 1 unspecified atom stereocenters. The van der Waals surface area contributed by atoms with E-state index in [0.717, 1.165) is 0 Å². The molecule has 1 rings (SSSR count). The minimum absolute atomic E-state index is 0.0413. The van der Waals surface area contributed by atoms with Crippen LogP contribution in [0.3, 0.4) is 0 Å². The number of hydrogen-bond donors (Lipinski definition) is 3. The van der Waals surface area contributed by atoms with E-state index in [-0.39, 0.29) is 24.9 Å². The highest BCUT2D eigenvalue weighted by molar-refractivity contribution is 5.82. The summed E-state index contributed by atoms with van der Waals surface area (Å²) in [5.41, 5.74) is 0. The maximum atomic E-state index is 11.9. The van der Waals surface area contributed by atoms with E-state index in [1.165, 1.54) is 4.90 Å². The minimum atomic E-state index is -1.18. The van der Waals surface area contributed by atoms with Crippen molar-refractivity contribution in [2.24, 2.45) is 5.92 Å². The predicted molar refractivity (Wildman–Crippen MR) is 72.6 cm³/mol. The van der Waals surface area contributed by atoms with Gasteiger partial charge in [-0.15, -0.1) is 0 Å². The Morgan fingerprint density at radius 2 is 1.95 bits per heavy atom. The van der Waals surface area contributed by atoms with E-state index in [9.17, 15) is 14.4 Å². The number of urea groups is 1. The second-order valence-corrected chi connectivity index (χ2v) is 4.87. The van der Waals surface area contributed by atoms with Crippen molar-refractivity contribution in [1.29, 1.82) is 0 Å². The molecule has 1 aliphatic heterocycles. The van der Waals surface area contributed by atoms with E-state index in [0.29, 0.717) is 32.5 Å². The fraction of sp³-hybridized carbons (Fsp3) is 0.769. The Hall–Kier alpha value is -1.83. The van der Waals surface area contributed by atoms with Gasteiger partial charge in [-0.25, -0.2) is 9.59 Å². The summed E-state index contributed by atoms with van der Waals surface area (Å²) in [4.78, 5) is 35.9. The Balaban J connectivity index is 2.44. The lowest BCUT2D eigenvalue weighted by Crippen LogP contribution is -2.51. The van der Waals surface area contributed by atoms with Crippen LogP contribution in [-0.2, 0) is 14.3 Å². The molecule has 8 heteroatoms. The van der Waals surface area contributed by atoms with Crippen molar-refractivity contribution >= 4 is 18.0 Å². The van der Waals surface area contributed by atoms with Gasteiger partial charge in [-0.1, -0.05) is 0 Å². The number of piperidine rings is 1. The number of likely N-dealkylation sites (tertiary alicyclic amines) is 1. The molecule has 2 amide bonds. The summed E-state index contributed by atoms with van der Waals surface area (Å²) in [5.74, 6) is -1.64. The number of carbonyl (C=O) groups excluding carboxylic acids is 2. The van der Waals surface area contributed by atoms with Crippen molar-refractivity contribution in [2.75, 3.05) is 26.3 Å². The monoisotopic (exact) mass is 302 g/mol. The Labute approximate surface area is 123 Å². The average Bonchev–Trinajstić information content (AvgIpc) is 2.47. The van der Waals surface area contributed by atoms with Gasteiger partial charge in [0.2, 0.25) is 0 Å². The van der Waals surface area contributed by atoms with Crippen LogP contribution < -0.4 is 5.32 Å². The Kier molecular flexibility index (Phi) is 6.93. The van der Waals surface area contributed by atoms with Crippen molar-refractivity contribution in [1.82, 2.24) is 10.2 Å². The first-order chi connectivity index (χ1) is 9.99. The normalized spacial score (nSPS) is 17.1. The molecular weight excluding hydrogens is 280 g/mol. The maximum absolute atomic E-state index is 11.9. The summed E-state index contributed by atoms with van der Waals surface area (Å²) < 4.78 is 4.94. The van der Waals surface area contributed by atoms with Gasteiger partial charge in [0.15, 0.2) is 0 Å². The van der Waals surface area contributed by atoms with Crippen molar-refractivity contribution in [3.63, 3.8) is 0 Å². The molecule has 1 atom stereocenters. The van der Waals surface area contributed by atoms with Crippen LogP contribution in [0.2, 0.25) is 0 Å². The van der Waals surface area contributed by atoms with Gasteiger partial charge in [0.1, 0.15) is 6.04 Å². The van der Waals surface area contributed by atoms with Crippen molar-refractivity contribution < 1.29 is 29.3 Å². The first-order valence-electron chi connectivity index (χ1n) is 7.05. The van der Waals surface area contributed by atoms with Crippen LogP contribution in [0.5, 0.6) is 0 Å². The molecule has 0 bridgehead atoms. The van der Waals surface area contributed by atoms with Crippen LogP contribution in [0.15, 0.2) is 0 Å². The van der Waals surface area contributed by atoms with Gasteiger partial charge in [-0.3, -0.25) is 4.79 Å². The number of carbonyl (C=O) groups is 3. The SMILES string of the molecule is CCOC(=O)C1CCN(C(=O)NC(CCO)C(=O)O)CC1. The van der Waals surface area contributed by atoms with Gasteiger partial charge in [0.05, 0.1) is 12.5 Å². The minimum Gasteiger partial charge on any atom is -0.480 e. The first-order valence-corrected chi connectivity index (χ1v) is 7.05. The van der Waals surface area contributed by atoms with Gasteiger partial charge in [-0.2, -0.15) is 0 Å². The summed E-state index contributed by atoms with van der Waals surface area (Å²) in [7, 11) is 0. The summed E-state index contributed by atoms with van der Waals surface area (Å²) in [6.07, 6.45) is 0.967. The number of carboxylic acid groups (broad SMARTS) is 1. The number of rotatable bonds is 6. The Morgan fingerprint density at radius 3 is 2.43 bits per heavy atom. The summed E-state index contributed by atoms with van der Waals surface area (Å²) in [6.45, 7) is 2.51. The molecule has 1 saturated heterocycles. The number of esters is 1. The molecule has 0 aromatic rings. The second-order valence-electron chi connectivity index (χ2n) is 4.87. The molecule has 120 valence electrons. The van der Waals surface area contributed by atoms with Crippen molar-refractivity contribution in [2.45, 2.75) is 32.2 Å². The van der Waals surface area contributed by atoms with Gasteiger partial charge >= 0.3 is 18.0 Å². The van der Waals surface area contributed by atoms with Crippen LogP contribution in [0.4, 0.5) is 4.79 Å². The van der Waals surface area contributed by atoms with Gasteiger partial charge < -0.3 is 25.2 Å². The van der Waals surface area contributed by atoms with E-state index in [1.807, 2.05) is 0 Å². The number of nitrogens with zero attached hydrogens (tertiary/aromatic N) is 1. The van der Waals surface area contributed by atoms with E-state index >= 15 is 0 Å². The van der Waals surface area contributed by atoms with Crippen LogP contribution >= 0.6 is 0 Å². The molecular formula is C13H22N2O6. The quantitative estimate of drug-likeness (QED) is 0.585. The molecule has 1 fully saturated rings. The summed E-state index contributed by atoms with van der Waals surface area (Å²) in [6, 6.07) is -1.59. The molecule has 3 N–H and O–H groups in total. The zero-order chi connectivity index (χ0) is 15.8. The molecule has 0 aromatic carbocycles. The molecule has 0 aromatic heterocycles. The third-order valence-electron chi connectivity index (χ3n) is 3.42. The highest BCUT2D eigenvalue weighted by atomic mass is 16.5. The number of aliphatic carboxylic acids is 1. The van der Waals surface area contributed by atoms with E-state index in [2.05, 4.69) is 5.32 Å². The zero-order valence-corrected chi connectivity index (χ0v) is 12.1. The molecule has 0 aliphatic carbocycles. The number of hydrogen-bond acceptors (Lipinski definition) is 5. The lowest BCUT2D eigenvalue weighted by atomic mass is 9.97. The molecule has 1 heterocycles. The van der Waals surface area contributed by atoms with Crippen LogP contribution in [0, 0.1) is 5.92 Å². The highest BCUT2D eigenvalue weighted by Gasteiger charge is 2.29. The number of carboxylic acids is 1. The topological polar surface area (TPSA) is 116 Å². The lowest BCUT2D eigenvalue weighted by Gasteiger charge is -2.31. The average molecular weight is 302 g/mol. The van der Waals surface area contributed by atoms with Gasteiger partial charge in [-0.05, 0) is 19.8 Å². The molecule has 0 radical (unpaired) electrons. The van der Waals surface area contributed by atoms with Crippen molar-refractivity contribution in [3.05, 3.63) is 0 Å². The zero-order valence-electron chi connectivity index (χ0n) is 12.1. The van der Waals surface area contributed by atoms with Gasteiger partial charge in [0.25, 0.3) is 0 Å². The van der Waals surface area contributed by atoms with E-state index in [1.54, 1.807) is 6.92 Å². The van der Waals surface area contributed by atoms with E-state index < -0.39 is 18.0 Å². The van der Waals surface area contributed by atoms with Crippen LogP contribution in [0.25, 0.3) is 0 Å². The maximum Gasteiger partial charge on any atom is 0.326 e. The third kappa shape index (κ3) is 5.22. The molecule has 8 nitrogen and oxygen atoms in total. The smallest absolute Gasteiger partial charge is 0.326 e. The summed E-state index contributed by atoms with van der Waals surface area (Å²) >= 11 is 0. The third-order valence-corrected chi connectivity index (χ3v) is 3.42. The molecule has 0 saturated carbocycles. The molecule has 1 aliphatic rings. The van der Waals surface area contributed by atoms with Crippen LogP contribution in [-0.4, -0.2) is 65.4 Å². The highest BCUT2D eigenvalue weighted by Crippen LogP contribution is 2.18. The first kappa shape index (κ1) is 17.2. The second kappa shape index (κ2) is 8.46.